The van der Waals surface area contributed by atoms with Gasteiger partial charge < -0.3 is 9.47 Å². The van der Waals surface area contributed by atoms with Crippen LogP contribution >= 0.6 is 0 Å². The zero-order valence-corrected chi connectivity index (χ0v) is 9.23. The number of benzene rings is 1. The molecule has 6 heteroatoms. The lowest BCUT2D eigenvalue weighted by atomic mass is 10.2. The summed E-state index contributed by atoms with van der Waals surface area (Å²) in [4.78, 5) is 19.0. The molecule has 2 aromatic rings. The monoisotopic (exact) mass is 236 g/mol. The van der Waals surface area contributed by atoms with Crippen molar-refractivity contribution in [3.8, 4) is 5.75 Å². The predicted molar refractivity (Wildman–Crippen MR) is 57.4 cm³/mol. The molecular formula is C11H9FN2O3. The Balaban J connectivity index is 2.67. The molecule has 0 saturated carbocycles. The number of carbonyl (C=O) groups is 1. The second-order valence-corrected chi connectivity index (χ2v) is 3.23. The largest absolute Gasteiger partial charge is 0.494 e. The first-order chi connectivity index (χ1) is 8.15. The van der Waals surface area contributed by atoms with Crippen molar-refractivity contribution in [3.63, 3.8) is 0 Å². The fraction of sp³-hybridized carbons (Fsp3) is 0.182. The SMILES string of the molecule is COC(=O)c1ncc2cc(F)cc(OC)c2n1. The van der Waals surface area contributed by atoms with Crippen molar-refractivity contribution in [2.45, 2.75) is 0 Å². The van der Waals surface area contributed by atoms with Crippen molar-refractivity contribution in [1.82, 2.24) is 9.97 Å². The molecule has 0 fully saturated rings. The van der Waals surface area contributed by atoms with E-state index in [1.165, 1.54) is 32.5 Å². The van der Waals surface area contributed by atoms with Crippen LogP contribution in [0.5, 0.6) is 5.75 Å². The predicted octanol–water partition coefficient (Wildman–Crippen LogP) is 1.56. The molecule has 5 nitrogen and oxygen atoms in total. The van der Waals surface area contributed by atoms with Gasteiger partial charge in [0.05, 0.1) is 14.2 Å². The van der Waals surface area contributed by atoms with Gasteiger partial charge in [0.15, 0.2) is 0 Å². The van der Waals surface area contributed by atoms with Crippen molar-refractivity contribution in [2.75, 3.05) is 14.2 Å². The molecule has 0 radical (unpaired) electrons. The van der Waals surface area contributed by atoms with Gasteiger partial charge in [-0.25, -0.2) is 19.2 Å². The third-order valence-electron chi connectivity index (χ3n) is 2.20. The average molecular weight is 236 g/mol. The van der Waals surface area contributed by atoms with Crippen molar-refractivity contribution < 1.29 is 18.7 Å². The van der Waals surface area contributed by atoms with E-state index in [0.717, 1.165) is 0 Å². The highest BCUT2D eigenvalue weighted by Gasteiger charge is 2.13. The molecule has 0 aliphatic rings. The molecule has 0 amide bonds. The lowest BCUT2D eigenvalue weighted by molar-refractivity contribution is 0.0587. The van der Waals surface area contributed by atoms with Gasteiger partial charge in [0.2, 0.25) is 5.82 Å². The van der Waals surface area contributed by atoms with E-state index in [4.69, 9.17) is 4.74 Å². The fourth-order valence-corrected chi connectivity index (χ4v) is 1.42. The maximum atomic E-state index is 13.2. The van der Waals surface area contributed by atoms with Gasteiger partial charge >= 0.3 is 5.97 Å². The van der Waals surface area contributed by atoms with Gasteiger partial charge in [-0.05, 0) is 6.07 Å². The van der Waals surface area contributed by atoms with Crippen molar-refractivity contribution in [2.24, 2.45) is 0 Å². The van der Waals surface area contributed by atoms with Gasteiger partial charge in [-0.15, -0.1) is 0 Å². The Morgan fingerprint density at radius 1 is 1.35 bits per heavy atom. The minimum atomic E-state index is -0.654. The Morgan fingerprint density at radius 2 is 2.12 bits per heavy atom. The number of carbonyl (C=O) groups excluding carboxylic acids is 1. The van der Waals surface area contributed by atoms with E-state index in [9.17, 15) is 9.18 Å². The zero-order valence-electron chi connectivity index (χ0n) is 9.23. The molecule has 1 heterocycles. The summed E-state index contributed by atoms with van der Waals surface area (Å²) in [5, 5.41) is 0.453. The summed E-state index contributed by atoms with van der Waals surface area (Å²) >= 11 is 0. The number of hydrogen-bond donors (Lipinski definition) is 0. The van der Waals surface area contributed by atoms with E-state index in [2.05, 4.69) is 14.7 Å². The number of hydrogen-bond acceptors (Lipinski definition) is 5. The molecule has 0 N–H and O–H groups in total. The molecule has 1 aromatic carbocycles. The third kappa shape index (κ3) is 2.01. The van der Waals surface area contributed by atoms with Crippen LogP contribution < -0.4 is 4.74 Å². The highest BCUT2D eigenvalue weighted by Crippen LogP contribution is 2.24. The molecule has 0 unspecified atom stereocenters. The van der Waals surface area contributed by atoms with Gasteiger partial charge in [0.1, 0.15) is 17.1 Å². The Hall–Kier alpha value is -2.24. The van der Waals surface area contributed by atoms with E-state index in [1.807, 2.05) is 0 Å². The summed E-state index contributed by atoms with van der Waals surface area (Å²) in [6.07, 6.45) is 1.35. The molecule has 0 spiro atoms. The Morgan fingerprint density at radius 3 is 2.76 bits per heavy atom. The topological polar surface area (TPSA) is 61.3 Å². The minimum absolute atomic E-state index is 0.0927. The fourth-order valence-electron chi connectivity index (χ4n) is 1.42. The molecule has 0 saturated heterocycles. The lowest BCUT2D eigenvalue weighted by Gasteiger charge is -2.05. The number of rotatable bonds is 2. The Kier molecular flexibility index (Phi) is 2.86. The number of methoxy groups -OCH3 is 2. The van der Waals surface area contributed by atoms with Crippen LogP contribution in [0.3, 0.4) is 0 Å². The summed E-state index contributed by atoms with van der Waals surface area (Å²) in [5.41, 5.74) is 0.365. The zero-order chi connectivity index (χ0) is 12.4. The quantitative estimate of drug-likeness (QED) is 0.740. The lowest BCUT2D eigenvalue weighted by Crippen LogP contribution is -2.07. The number of halogens is 1. The smallest absolute Gasteiger partial charge is 0.376 e. The molecular weight excluding hydrogens is 227 g/mol. The summed E-state index contributed by atoms with van der Waals surface area (Å²) in [6.45, 7) is 0. The van der Waals surface area contributed by atoms with Crippen LogP contribution in [0.15, 0.2) is 18.3 Å². The van der Waals surface area contributed by atoms with Crippen LogP contribution in [0.4, 0.5) is 4.39 Å². The van der Waals surface area contributed by atoms with E-state index < -0.39 is 11.8 Å². The highest BCUT2D eigenvalue weighted by molar-refractivity contribution is 5.90. The standard InChI is InChI=1S/C11H9FN2O3/c1-16-8-4-7(12)3-6-5-13-10(11(15)17-2)14-9(6)8/h3-5H,1-2H3. The summed E-state index contributed by atoms with van der Waals surface area (Å²) in [5.74, 6) is -0.959. The van der Waals surface area contributed by atoms with Crippen LogP contribution in [0.25, 0.3) is 10.9 Å². The number of nitrogens with zero attached hydrogens (tertiary/aromatic N) is 2. The summed E-state index contributed by atoms with van der Waals surface area (Å²) in [7, 11) is 2.63. The molecule has 0 atom stereocenters. The van der Waals surface area contributed by atoms with Gasteiger partial charge in [-0.3, -0.25) is 0 Å². The molecule has 1 aromatic heterocycles. The highest BCUT2D eigenvalue weighted by atomic mass is 19.1. The van der Waals surface area contributed by atoms with E-state index >= 15 is 0 Å². The second kappa shape index (κ2) is 4.32. The van der Waals surface area contributed by atoms with Gasteiger partial charge in [-0.1, -0.05) is 0 Å². The molecule has 88 valence electrons. The number of fused-ring (bicyclic) bond motifs is 1. The molecule has 2 rings (SSSR count). The number of esters is 1. The Bertz CT molecular complexity index is 586. The van der Waals surface area contributed by atoms with Gasteiger partial charge in [0, 0.05) is 17.6 Å². The number of aromatic nitrogens is 2. The first-order valence-electron chi connectivity index (χ1n) is 4.74. The minimum Gasteiger partial charge on any atom is -0.494 e. The maximum absolute atomic E-state index is 13.2. The van der Waals surface area contributed by atoms with Crippen molar-refractivity contribution >= 4 is 16.9 Å². The van der Waals surface area contributed by atoms with Crippen LogP contribution in [-0.2, 0) is 4.74 Å². The first kappa shape index (κ1) is 11.3. The Labute approximate surface area is 96.2 Å². The van der Waals surface area contributed by atoms with Crippen LogP contribution in [-0.4, -0.2) is 30.2 Å². The maximum Gasteiger partial charge on any atom is 0.376 e. The molecule has 0 bridgehead atoms. The van der Waals surface area contributed by atoms with Crippen LogP contribution in [0.1, 0.15) is 10.6 Å². The molecule has 17 heavy (non-hydrogen) atoms. The van der Waals surface area contributed by atoms with E-state index in [0.29, 0.717) is 10.9 Å². The van der Waals surface area contributed by atoms with Gasteiger partial charge in [-0.2, -0.15) is 0 Å². The van der Waals surface area contributed by atoms with Crippen molar-refractivity contribution in [1.29, 1.82) is 0 Å². The molecule has 0 aliphatic heterocycles. The number of ether oxygens (including phenoxy) is 2. The summed E-state index contributed by atoms with van der Waals surface area (Å²) < 4.78 is 22.7. The third-order valence-corrected chi connectivity index (χ3v) is 2.20. The van der Waals surface area contributed by atoms with Crippen LogP contribution in [0.2, 0.25) is 0 Å². The molecule has 0 aliphatic carbocycles. The van der Waals surface area contributed by atoms with Gasteiger partial charge in [0.25, 0.3) is 0 Å². The normalized spacial score (nSPS) is 10.3. The van der Waals surface area contributed by atoms with E-state index in [-0.39, 0.29) is 11.6 Å². The first-order valence-corrected chi connectivity index (χ1v) is 4.74. The summed E-state index contributed by atoms with van der Waals surface area (Å²) in [6, 6.07) is 2.45. The average Bonchev–Trinajstić information content (AvgIpc) is 2.36. The van der Waals surface area contributed by atoms with Crippen molar-refractivity contribution in [3.05, 3.63) is 30.0 Å². The van der Waals surface area contributed by atoms with Crippen LogP contribution in [0, 0.1) is 5.82 Å². The second-order valence-electron chi connectivity index (χ2n) is 3.23. The van der Waals surface area contributed by atoms with E-state index in [1.54, 1.807) is 0 Å².